The van der Waals surface area contributed by atoms with Gasteiger partial charge in [0.1, 0.15) is 0 Å². The van der Waals surface area contributed by atoms with E-state index in [0.29, 0.717) is 12.0 Å². The highest BCUT2D eigenvalue weighted by Gasteiger charge is 2.43. The van der Waals surface area contributed by atoms with Crippen molar-refractivity contribution in [2.75, 3.05) is 13.1 Å². The molecule has 20 heavy (non-hydrogen) atoms. The van der Waals surface area contributed by atoms with Crippen LogP contribution in [0.4, 0.5) is 0 Å². The minimum atomic E-state index is -0.551. The van der Waals surface area contributed by atoms with Crippen LogP contribution in [0.25, 0.3) is 0 Å². The molecule has 0 aromatic rings. The minimum absolute atomic E-state index is 0.462. The third-order valence-corrected chi connectivity index (χ3v) is 5.56. The Labute approximate surface area is 123 Å². The summed E-state index contributed by atoms with van der Waals surface area (Å²) in [6, 6.07) is 0.629. The lowest BCUT2D eigenvalue weighted by molar-refractivity contribution is -0.154. The number of likely N-dealkylation sites (tertiary alicyclic amines) is 1. The van der Waals surface area contributed by atoms with Crippen molar-refractivity contribution in [1.82, 2.24) is 4.90 Å². The fourth-order valence-corrected chi connectivity index (χ4v) is 4.07. The van der Waals surface area contributed by atoms with Crippen LogP contribution in [0, 0.1) is 11.3 Å². The van der Waals surface area contributed by atoms with Crippen molar-refractivity contribution < 1.29 is 9.90 Å². The van der Waals surface area contributed by atoms with Gasteiger partial charge in [-0.05, 0) is 57.4 Å². The van der Waals surface area contributed by atoms with E-state index in [9.17, 15) is 9.90 Å². The van der Waals surface area contributed by atoms with Gasteiger partial charge >= 0.3 is 5.97 Å². The van der Waals surface area contributed by atoms with E-state index in [1.165, 1.54) is 32.1 Å². The van der Waals surface area contributed by atoms with Gasteiger partial charge in [-0.15, -0.1) is 0 Å². The lowest BCUT2D eigenvalue weighted by Crippen LogP contribution is -2.50. The van der Waals surface area contributed by atoms with E-state index in [-0.39, 0.29) is 0 Å². The van der Waals surface area contributed by atoms with Crippen molar-refractivity contribution >= 4 is 5.97 Å². The molecule has 2 aliphatic rings. The van der Waals surface area contributed by atoms with Crippen LogP contribution >= 0.6 is 0 Å². The Morgan fingerprint density at radius 1 is 1.25 bits per heavy atom. The summed E-state index contributed by atoms with van der Waals surface area (Å²) in [4.78, 5) is 14.4. The van der Waals surface area contributed by atoms with Crippen LogP contribution < -0.4 is 0 Å². The Morgan fingerprint density at radius 3 is 2.55 bits per heavy atom. The molecule has 116 valence electrons. The molecule has 0 amide bonds. The Morgan fingerprint density at radius 2 is 1.95 bits per heavy atom. The fraction of sp³-hybridized carbons (Fsp3) is 0.941. The number of carboxylic acid groups (broad SMARTS) is 1. The SMILES string of the molecule is CCCC1CCCCN1CC1(C(=O)O)CCC(C)CC1. The first-order valence-electron chi connectivity index (χ1n) is 8.55. The monoisotopic (exact) mass is 281 g/mol. The highest BCUT2D eigenvalue weighted by molar-refractivity contribution is 5.75. The second-order valence-corrected chi connectivity index (χ2v) is 7.18. The van der Waals surface area contributed by atoms with Crippen molar-refractivity contribution in [3.8, 4) is 0 Å². The predicted molar refractivity (Wildman–Crippen MR) is 81.8 cm³/mol. The molecule has 3 heteroatoms. The third-order valence-electron chi connectivity index (χ3n) is 5.56. The maximum absolute atomic E-state index is 11.9. The summed E-state index contributed by atoms with van der Waals surface area (Å²) in [5.41, 5.74) is -0.462. The molecule has 0 bridgehead atoms. The van der Waals surface area contributed by atoms with Crippen LogP contribution in [0.15, 0.2) is 0 Å². The molecule has 1 saturated carbocycles. The zero-order valence-electron chi connectivity index (χ0n) is 13.2. The number of nitrogens with zero attached hydrogens (tertiary/aromatic N) is 1. The average Bonchev–Trinajstić information content (AvgIpc) is 2.44. The van der Waals surface area contributed by atoms with Crippen molar-refractivity contribution in [3.63, 3.8) is 0 Å². The standard InChI is InChI=1S/C17H31NO2/c1-3-6-15-7-4-5-12-18(15)13-17(16(19)20)10-8-14(2)9-11-17/h14-15H,3-13H2,1-2H3,(H,19,20). The molecule has 0 aromatic heterocycles. The second kappa shape index (κ2) is 6.93. The molecule has 0 radical (unpaired) electrons. The molecule has 1 atom stereocenters. The molecular weight excluding hydrogens is 250 g/mol. The zero-order chi connectivity index (χ0) is 14.6. The minimum Gasteiger partial charge on any atom is -0.481 e. The van der Waals surface area contributed by atoms with Gasteiger partial charge in [0.25, 0.3) is 0 Å². The highest BCUT2D eigenvalue weighted by Crippen LogP contribution is 2.41. The number of carboxylic acids is 1. The number of hydrogen-bond acceptors (Lipinski definition) is 2. The number of rotatable bonds is 5. The number of carbonyl (C=O) groups is 1. The summed E-state index contributed by atoms with van der Waals surface area (Å²) in [5, 5.41) is 9.80. The van der Waals surface area contributed by atoms with E-state index >= 15 is 0 Å². The molecule has 1 aliphatic heterocycles. The first-order valence-corrected chi connectivity index (χ1v) is 8.55. The van der Waals surface area contributed by atoms with Crippen LogP contribution in [0.5, 0.6) is 0 Å². The Bertz CT molecular complexity index is 319. The summed E-state index contributed by atoms with van der Waals surface area (Å²) in [6.07, 6.45) is 10.2. The van der Waals surface area contributed by atoms with Gasteiger partial charge in [0.15, 0.2) is 0 Å². The fourth-order valence-electron chi connectivity index (χ4n) is 4.07. The van der Waals surface area contributed by atoms with Crippen molar-refractivity contribution in [2.24, 2.45) is 11.3 Å². The summed E-state index contributed by atoms with van der Waals surface area (Å²) in [5.74, 6) is 0.153. The maximum atomic E-state index is 11.9. The van der Waals surface area contributed by atoms with E-state index in [1.54, 1.807) is 0 Å². The lowest BCUT2D eigenvalue weighted by Gasteiger charge is -2.44. The van der Waals surface area contributed by atoms with Gasteiger partial charge in [-0.25, -0.2) is 0 Å². The van der Waals surface area contributed by atoms with Gasteiger partial charge in [-0.1, -0.05) is 26.7 Å². The van der Waals surface area contributed by atoms with Gasteiger partial charge in [0.2, 0.25) is 0 Å². The second-order valence-electron chi connectivity index (χ2n) is 7.18. The molecule has 1 saturated heterocycles. The van der Waals surface area contributed by atoms with E-state index in [4.69, 9.17) is 0 Å². The first-order chi connectivity index (χ1) is 9.57. The Hall–Kier alpha value is -0.570. The smallest absolute Gasteiger partial charge is 0.310 e. The average molecular weight is 281 g/mol. The van der Waals surface area contributed by atoms with E-state index in [1.807, 2.05) is 0 Å². The Balaban J connectivity index is 2.04. The molecule has 1 heterocycles. The molecule has 0 aromatic carbocycles. The summed E-state index contributed by atoms with van der Waals surface area (Å²) in [6.45, 7) is 6.39. The van der Waals surface area contributed by atoms with Gasteiger partial charge in [0.05, 0.1) is 5.41 Å². The van der Waals surface area contributed by atoms with E-state index < -0.39 is 11.4 Å². The van der Waals surface area contributed by atoms with Gasteiger partial charge in [0, 0.05) is 12.6 Å². The molecule has 2 rings (SSSR count). The topological polar surface area (TPSA) is 40.5 Å². The molecule has 1 aliphatic carbocycles. The van der Waals surface area contributed by atoms with Crippen molar-refractivity contribution in [2.45, 2.75) is 77.7 Å². The van der Waals surface area contributed by atoms with Crippen molar-refractivity contribution in [1.29, 1.82) is 0 Å². The first kappa shape index (κ1) is 15.8. The van der Waals surface area contributed by atoms with Gasteiger partial charge in [-0.2, -0.15) is 0 Å². The van der Waals surface area contributed by atoms with Gasteiger partial charge < -0.3 is 5.11 Å². The van der Waals surface area contributed by atoms with E-state index in [2.05, 4.69) is 18.7 Å². The van der Waals surface area contributed by atoms with Crippen LogP contribution in [-0.4, -0.2) is 35.1 Å². The largest absolute Gasteiger partial charge is 0.481 e. The number of hydrogen-bond donors (Lipinski definition) is 1. The molecular formula is C17H31NO2. The van der Waals surface area contributed by atoms with Crippen LogP contribution in [0.2, 0.25) is 0 Å². The number of piperidine rings is 1. The van der Waals surface area contributed by atoms with Crippen LogP contribution in [-0.2, 0) is 4.79 Å². The number of aliphatic carboxylic acids is 1. The molecule has 1 unspecified atom stereocenters. The van der Waals surface area contributed by atoms with E-state index in [0.717, 1.165) is 38.8 Å². The summed E-state index contributed by atoms with van der Waals surface area (Å²) in [7, 11) is 0. The molecule has 0 spiro atoms. The highest BCUT2D eigenvalue weighted by atomic mass is 16.4. The molecule has 2 fully saturated rings. The maximum Gasteiger partial charge on any atom is 0.310 e. The summed E-state index contributed by atoms with van der Waals surface area (Å²) < 4.78 is 0. The molecule has 3 nitrogen and oxygen atoms in total. The van der Waals surface area contributed by atoms with Crippen molar-refractivity contribution in [3.05, 3.63) is 0 Å². The quantitative estimate of drug-likeness (QED) is 0.830. The normalized spacial score (nSPS) is 35.9. The molecule has 1 N–H and O–H groups in total. The summed E-state index contributed by atoms with van der Waals surface area (Å²) >= 11 is 0. The van der Waals surface area contributed by atoms with Crippen LogP contribution in [0.1, 0.15) is 71.6 Å². The lowest BCUT2D eigenvalue weighted by atomic mass is 9.70. The van der Waals surface area contributed by atoms with Crippen LogP contribution in [0.3, 0.4) is 0 Å². The van der Waals surface area contributed by atoms with Gasteiger partial charge in [-0.3, -0.25) is 9.69 Å². The third kappa shape index (κ3) is 3.55. The zero-order valence-corrected chi connectivity index (χ0v) is 13.2. The predicted octanol–water partition coefficient (Wildman–Crippen LogP) is 3.92. The Kier molecular flexibility index (Phi) is 5.48.